The Labute approximate surface area is 174 Å². The van der Waals surface area contributed by atoms with Gasteiger partial charge in [-0.15, -0.1) is 0 Å². The van der Waals surface area contributed by atoms with Crippen molar-refractivity contribution in [3.05, 3.63) is 90.5 Å². The van der Waals surface area contributed by atoms with Crippen molar-refractivity contribution in [1.82, 2.24) is 0 Å². The Morgan fingerprint density at radius 2 is 1.41 bits per heavy atom. The third-order valence-electron chi connectivity index (χ3n) is 5.70. The summed E-state index contributed by atoms with van der Waals surface area (Å²) >= 11 is 0. The maximum Gasteiger partial charge on any atom is 0.126 e. The molecule has 1 aliphatic rings. The van der Waals surface area contributed by atoms with Gasteiger partial charge < -0.3 is 14.7 Å². The Balaban J connectivity index is 1.63. The van der Waals surface area contributed by atoms with Gasteiger partial charge >= 0.3 is 0 Å². The van der Waals surface area contributed by atoms with E-state index >= 15 is 0 Å². The lowest BCUT2D eigenvalue weighted by Gasteiger charge is -2.28. The monoisotopic (exact) mass is 383 g/mol. The molecule has 1 atom stereocenters. The van der Waals surface area contributed by atoms with Gasteiger partial charge in [0, 0.05) is 31.5 Å². The summed E-state index contributed by atoms with van der Waals surface area (Å²) in [4.78, 5) is 7.10. The lowest BCUT2D eigenvalue weighted by molar-refractivity contribution is 0.805. The second-order valence-corrected chi connectivity index (χ2v) is 7.34. The predicted molar refractivity (Wildman–Crippen MR) is 126 cm³/mol. The van der Waals surface area contributed by atoms with Crippen LogP contribution in [-0.4, -0.2) is 26.3 Å². The van der Waals surface area contributed by atoms with Gasteiger partial charge in [-0.2, -0.15) is 0 Å². The minimum atomic E-state index is 0.136. The van der Waals surface area contributed by atoms with Crippen LogP contribution in [0.3, 0.4) is 0 Å². The molecule has 1 unspecified atom stereocenters. The average Bonchev–Trinajstić information content (AvgIpc) is 3.06. The molecule has 3 nitrogen and oxygen atoms in total. The number of likely N-dealkylation sites (N-methyl/N-ethyl adjacent to an activating group) is 1. The summed E-state index contributed by atoms with van der Waals surface area (Å²) in [6, 6.07) is 28.1. The van der Waals surface area contributed by atoms with Gasteiger partial charge in [-0.25, -0.2) is 0 Å². The van der Waals surface area contributed by atoms with Crippen molar-refractivity contribution in [1.29, 1.82) is 0 Å². The standard InChI is InChI=1S/C26H29N3/c1-4-28(5-2)22-18-15-21(16-19-22)17-20-26-27(3)24-13-9-10-14-25(24)29(26)23-11-7-6-8-12-23/h6-20,26H,4-5H2,1-3H3/b20-17+. The highest BCUT2D eigenvalue weighted by Crippen LogP contribution is 2.43. The lowest BCUT2D eigenvalue weighted by atomic mass is 10.1. The van der Waals surface area contributed by atoms with E-state index in [9.17, 15) is 0 Å². The zero-order valence-corrected chi connectivity index (χ0v) is 17.5. The molecule has 0 amide bonds. The van der Waals surface area contributed by atoms with Crippen LogP contribution in [0.2, 0.25) is 0 Å². The van der Waals surface area contributed by atoms with E-state index in [0.717, 1.165) is 13.1 Å². The summed E-state index contributed by atoms with van der Waals surface area (Å²) in [7, 11) is 2.17. The largest absolute Gasteiger partial charge is 0.372 e. The van der Waals surface area contributed by atoms with Gasteiger partial charge in [0.1, 0.15) is 6.17 Å². The van der Waals surface area contributed by atoms with Crippen LogP contribution in [0.15, 0.2) is 84.9 Å². The normalized spacial score (nSPS) is 15.8. The SMILES string of the molecule is CCN(CC)c1ccc(/C=C/C2N(C)c3ccccc3N2c2ccccc2)cc1. The summed E-state index contributed by atoms with van der Waals surface area (Å²) in [6.07, 6.45) is 4.66. The molecule has 1 aliphatic heterocycles. The molecule has 148 valence electrons. The maximum absolute atomic E-state index is 2.40. The summed E-state index contributed by atoms with van der Waals surface area (Å²) in [5, 5.41) is 0. The number of para-hydroxylation sites is 3. The quantitative estimate of drug-likeness (QED) is 0.505. The van der Waals surface area contributed by atoms with E-state index < -0.39 is 0 Å². The van der Waals surface area contributed by atoms with E-state index in [1.807, 2.05) is 0 Å². The lowest BCUT2D eigenvalue weighted by Crippen LogP contribution is -2.36. The molecule has 3 heteroatoms. The molecule has 0 aliphatic carbocycles. The Morgan fingerprint density at radius 1 is 0.793 bits per heavy atom. The summed E-state index contributed by atoms with van der Waals surface area (Å²) in [5.41, 5.74) is 6.20. The third-order valence-corrected chi connectivity index (χ3v) is 5.70. The van der Waals surface area contributed by atoms with Crippen molar-refractivity contribution in [2.45, 2.75) is 20.0 Å². The number of hydrogen-bond acceptors (Lipinski definition) is 3. The number of benzene rings is 3. The molecule has 0 saturated carbocycles. The molecule has 3 aromatic rings. The molecule has 0 spiro atoms. The van der Waals surface area contributed by atoms with Crippen molar-refractivity contribution in [3.8, 4) is 0 Å². The number of fused-ring (bicyclic) bond motifs is 1. The Morgan fingerprint density at radius 3 is 2.07 bits per heavy atom. The van der Waals surface area contributed by atoms with Crippen LogP contribution < -0.4 is 14.7 Å². The van der Waals surface area contributed by atoms with Gasteiger partial charge in [0.25, 0.3) is 0 Å². The van der Waals surface area contributed by atoms with Crippen molar-refractivity contribution in [2.75, 3.05) is 34.8 Å². The van der Waals surface area contributed by atoms with Crippen LogP contribution >= 0.6 is 0 Å². The van der Waals surface area contributed by atoms with E-state index in [1.165, 1.54) is 28.3 Å². The van der Waals surface area contributed by atoms with Gasteiger partial charge in [-0.05, 0) is 61.9 Å². The zero-order chi connectivity index (χ0) is 20.2. The van der Waals surface area contributed by atoms with Gasteiger partial charge in [0.2, 0.25) is 0 Å². The highest BCUT2D eigenvalue weighted by Gasteiger charge is 2.32. The van der Waals surface area contributed by atoms with Crippen molar-refractivity contribution < 1.29 is 0 Å². The van der Waals surface area contributed by atoms with Gasteiger partial charge in [0.05, 0.1) is 11.4 Å². The van der Waals surface area contributed by atoms with E-state index in [2.05, 4.69) is 127 Å². The second kappa shape index (κ2) is 8.44. The molecule has 1 heterocycles. The Kier molecular flexibility index (Phi) is 5.57. The summed E-state index contributed by atoms with van der Waals surface area (Å²) in [5.74, 6) is 0. The average molecular weight is 384 g/mol. The number of nitrogens with zero attached hydrogens (tertiary/aromatic N) is 3. The molecule has 0 N–H and O–H groups in total. The summed E-state index contributed by atoms with van der Waals surface area (Å²) in [6.45, 7) is 6.46. The molecule has 0 saturated heterocycles. The van der Waals surface area contributed by atoms with Crippen LogP contribution in [0.4, 0.5) is 22.7 Å². The molecule has 3 aromatic carbocycles. The molecule has 0 aromatic heterocycles. The van der Waals surface area contributed by atoms with Gasteiger partial charge in [-0.3, -0.25) is 0 Å². The van der Waals surface area contributed by atoms with Crippen LogP contribution in [0.1, 0.15) is 19.4 Å². The van der Waals surface area contributed by atoms with Crippen molar-refractivity contribution >= 4 is 28.8 Å². The number of anilines is 4. The molecule has 4 rings (SSSR count). The van der Waals surface area contributed by atoms with E-state index in [0.29, 0.717) is 0 Å². The third kappa shape index (κ3) is 3.73. The second-order valence-electron chi connectivity index (χ2n) is 7.34. The van der Waals surface area contributed by atoms with Crippen LogP contribution in [0, 0.1) is 0 Å². The first-order chi connectivity index (χ1) is 14.2. The predicted octanol–water partition coefficient (Wildman–Crippen LogP) is 6.16. The van der Waals surface area contributed by atoms with Crippen molar-refractivity contribution in [3.63, 3.8) is 0 Å². The minimum Gasteiger partial charge on any atom is -0.372 e. The molecular weight excluding hydrogens is 354 g/mol. The van der Waals surface area contributed by atoms with E-state index in [1.54, 1.807) is 0 Å². The number of rotatable bonds is 6. The first kappa shape index (κ1) is 19.1. The first-order valence-corrected chi connectivity index (χ1v) is 10.4. The maximum atomic E-state index is 2.40. The molecule has 0 radical (unpaired) electrons. The van der Waals surface area contributed by atoms with Crippen LogP contribution in [0.5, 0.6) is 0 Å². The zero-order valence-electron chi connectivity index (χ0n) is 17.5. The molecule has 0 bridgehead atoms. The highest BCUT2D eigenvalue weighted by molar-refractivity contribution is 5.84. The first-order valence-electron chi connectivity index (χ1n) is 10.4. The minimum absolute atomic E-state index is 0.136. The molecule has 0 fully saturated rings. The van der Waals surface area contributed by atoms with E-state index in [-0.39, 0.29) is 6.17 Å². The summed E-state index contributed by atoms with van der Waals surface area (Å²) < 4.78 is 0. The van der Waals surface area contributed by atoms with Crippen LogP contribution in [-0.2, 0) is 0 Å². The smallest absolute Gasteiger partial charge is 0.126 e. The fourth-order valence-corrected chi connectivity index (χ4v) is 4.10. The van der Waals surface area contributed by atoms with E-state index in [4.69, 9.17) is 0 Å². The number of hydrogen-bond donors (Lipinski definition) is 0. The van der Waals surface area contributed by atoms with Crippen molar-refractivity contribution in [2.24, 2.45) is 0 Å². The molecule has 29 heavy (non-hydrogen) atoms. The van der Waals surface area contributed by atoms with Crippen LogP contribution in [0.25, 0.3) is 6.08 Å². The Hall–Kier alpha value is -3.20. The fraction of sp³-hybridized carbons (Fsp3) is 0.231. The topological polar surface area (TPSA) is 9.72 Å². The highest BCUT2D eigenvalue weighted by atomic mass is 15.4. The fourth-order valence-electron chi connectivity index (χ4n) is 4.10. The molecular formula is C26H29N3. The van der Waals surface area contributed by atoms with Gasteiger partial charge in [-0.1, -0.05) is 48.5 Å². The van der Waals surface area contributed by atoms with Gasteiger partial charge in [0.15, 0.2) is 0 Å². The Bertz CT molecular complexity index is 959.